The maximum absolute atomic E-state index is 9.87. The number of aryl methyl sites for hydroxylation is 2. The van der Waals surface area contributed by atoms with E-state index in [2.05, 4.69) is 39.1 Å². The third-order valence-electron chi connectivity index (χ3n) is 4.24. The highest BCUT2D eigenvalue weighted by molar-refractivity contribution is 5.38. The zero-order valence-corrected chi connectivity index (χ0v) is 11.6. The van der Waals surface area contributed by atoms with Gasteiger partial charge in [-0.25, -0.2) is 4.98 Å². The summed E-state index contributed by atoms with van der Waals surface area (Å²) in [6.07, 6.45) is 8.68. The summed E-state index contributed by atoms with van der Waals surface area (Å²) < 4.78 is 2.08. The molecule has 1 aliphatic carbocycles. The first kappa shape index (κ1) is 13.3. The maximum atomic E-state index is 9.87. The van der Waals surface area contributed by atoms with Crippen molar-refractivity contribution in [3.05, 3.63) is 54.1 Å². The molecule has 0 aliphatic heterocycles. The number of nitrogens with zero attached hydrogens (tertiary/aromatic N) is 2. The Kier molecular flexibility index (Phi) is 3.85. The number of aromatic nitrogens is 2. The van der Waals surface area contributed by atoms with Crippen LogP contribution < -0.4 is 5.32 Å². The maximum Gasteiger partial charge on any atom is 0.0945 e. The lowest BCUT2D eigenvalue weighted by Gasteiger charge is -2.30. The Bertz CT molecular complexity index is 553. The molecule has 0 saturated carbocycles. The predicted octanol–water partition coefficient (Wildman–Crippen LogP) is 1.70. The van der Waals surface area contributed by atoms with Crippen molar-refractivity contribution >= 4 is 0 Å². The minimum Gasteiger partial charge on any atom is -0.394 e. The molecule has 2 aromatic rings. The van der Waals surface area contributed by atoms with Crippen molar-refractivity contribution in [3.63, 3.8) is 0 Å². The van der Waals surface area contributed by atoms with E-state index in [1.807, 2.05) is 12.5 Å². The van der Waals surface area contributed by atoms with E-state index < -0.39 is 0 Å². The number of rotatable bonds is 6. The van der Waals surface area contributed by atoms with Crippen molar-refractivity contribution in [3.8, 4) is 0 Å². The van der Waals surface area contributed by atoms with Gasteiger partial charge < -0.3 is 15.0 Å². The van der Waals surface area contributed by atoms with Gasteiger partial charge in [0, 0.05) is 18.9 Å². The molecule has 0 fully saturated rings. The van der Waals surface area contributed by atoms with Gasteiger partial charge in [-0.3, -0.25) is 0 Å². The first-order valence-corrected chi connectivity index (χ1v) is 7.24. The topological polar surface area (TPSA) is 50.1 Å². The van der Waals surface area contributed by atoms with E-state index in [-0.39, 0.29) is 12.1 Å². The van der Waals surface area contributed by atoms with Crippen LogP contribution in [0.3, 0.4) is 0 Å². The number of nitrogens with one attached hydrogen (secondary N) is 1. The van der Waals surface area contributed by atoms with Crippen LogP contribution in [0.2, 0.25) is 0 Å². The number of imidazole rings is 1. The van der Waals surface area contributed by atoms with Crippen LogP contribution in [-0.2, 0) is 18.5 Å². The van der Waals surface area contributed by atoms with Gasteiger partial charge in [-0.2, -0.15) is 0 Å². The number of aliphatic hydroxyl groups excluding tert-OH is 1. The van der Waals surface area contributed by atoms with Crippen LogP contribution in [0.5, 0.6) is 0 Å². The lowest BCUT2D eigenvalue weighted by molar-refractivity contribution is 0.159. The normalized spacial score (nSPS) is 21.1. The van der Waals surface area contributed by atoms with Gasteiger partial charge in [-0.1, -0.05) is 24.3 Å². The number of benzene rings is 1. The summed E-state index contributed by atoms with van der Waals surface area (Å²) in [7, 11) is 0. The molecule has 4 nitrogen and oxygen atoms in total. The molecule has 1 atom stereocenters. The van der Waals surface area contributed by atoms with E-state index >= 15 is 0 Å². The molecule has 0 amide bonds. The molecule has 1 heterocycles. The van der Waals surface area contributed by atoms with Crippen LogP contribution in [-0.4, -0.2) is 27.8 Å². The molecule has 0 radical (unpaired) electrons. The largest absolute Gasteiger partial charge is 0.394 e. The standard InChI is InChI=1S/C16H21N3O/c20-12-16(7-6-14-4-1-2-5-15(14)16)18-8-3-10-19-11-9-17-13-19/h1-2,4-5,9,11,13,18,20H,3,6-8,10,12H2. The highest BCUT2D eigenvalue weighted by Gasteiger charge is 2.37. The Hall–Kier alpha value is -1.65. The van der Waals surface area contributed by atoms with Crippen molar-refractivity contribution in [2.75, 3.05) is 13.2 Å². The molecule has 1 aromatic carbocycles. The Morgan fingerprint density at radius 3 is 3.05 bits per heavy atom. The van der Waals surface area contributed by atoms with Crippen molar-refractivity contribution < 1.29 is 5.11 Å². The zero-order valence-electron chi connectivity index (χ0n) is 11.6. The summed E-state index contributed by atoms with van der Waals surface area (Å²) in [5.41, 5.74) is 2.39. The molecule has 2 N–H and O–H groups in total. The van der Waals surface area contributed by atoms with Gasteiger partial charge in [0.05, 0.1) is 18.5 Å². The molecule has 20 heavy (non-hydrogen) atoms. The van der Waals surface area contributed by atoms with Gasteiger partial charge in [0.25, 0.3) is 0 Å². The average molecular weight is 271 g/mol. The Balaban J connectivity index is 1.60. The van der Waals surface area contributed by atoms with Crippen molar-refractivity contribution in [1.29, 1.82) is 0 Å². The SMILES string of the molecule is OCC1(NCCCn2ccnc2)CCc2ccccc21. The predicted molar refractivity (Wildman–Crippen MR) is 78.4 cm³/mol. The fourth-order valence-corrected chi connectivity index (χ4v) is 3.10. The van der Waals surface area contributed by atoms with E-state index in [1.165, 1.54) is 11.1 Å². The fraction of sp³-hybridized carbons (Fsp3) is 0.438. The summed E-state index contributed by atoms with van der Waals surface area (Å²) in [4.78, 5) is 4.04. The minimum absolute atomic E-state index is 0.162. The van der Waals surface area contributed by atoms with Crippen molar-refractivity contribution in [2.45, 2.75) is 31.3 Å². The van der Waals surface area contributed by atoms with Crippen molar-refractivity contribution in [1.82, 2.24) is 14.9 Å². The number of hydrogen-bond acceptors (Lipinski definition) is 3. The Labute approximate surface area is 119 Å². The summed E-state index contributed by atoms with van der Waals surface area (Å²) in [5.74, 6) is 0. The molecule has 1 aromatic heterocycles. The third kappa shape index (κ3) is 2.49. The monoisotopic (exact) mass is 271 g/mol. The summed E-state index contributed by atoms with van der Waals surface area (Å²) in [5, 5.41) is 13.4. The Morgan fingerprint density at radius 1 is 1.35 bits per heavy atom. The van der Waals surface area contributed by atoms with Gasteiger partial charge in [0.1, 0.15) is 0 Å². The average Bonchev–Trinajstić information content (AvgIpc) is 3.12. The molecule has 4 heteroatoms. The lowest BCUT2D eigenvalue weighted by Crippen LogP contribution is -2.44. The fourth-order valence-electron chi connectivity index (χ4n) is 3.10. The van der Waals surface area contributed by atoms with Crippen molar-refractivity contribution in [2.24, 2.45) is 0 Å². The van der Waals surface area contributed by atoms with E-state index in [4.69, 9.17) is 0 Å². The van der Waals surface area contributed by atoms with E-state index in [1.54, 1.807) is 6.20 Å². The highest BCUT2D eigenvalue weighted by atomic mass is 16.3. The molecular weight excluding hydrogens is 250 g/mol. The number of hydrogen-bond donors (Lipinski definition) is 2. The number of fused-ring (bicyclic) bond motifs is 1. The van der Waals surface area contributed by atoms with Gasteiger partial charge in [-0.05, 0) is 36.9 Å². The first-order chi connectivity index (χ1) is 9.84. The van der Waals surface area contributed by atoms with Gasteiger partial charge in [-0.15, -0.1) is 0 Å². The second-order valence-corrected chi connectivity index (χ2v) is 5.48. The highest BCUT2D eigenvalue weighted by Crippen LogP contribution is 2.36. The summed E-state index contributed by atoms with van der Waals surface area (Å²) in [6, 6.07) is 8.44. The number of aliphatic hydroxyl groups is 1. The van der Waals surface area contributed by atoms with Crippen LogP contribution in [0.25, 0.3) is 0 Å². The van der Waals surface area contributed by atoms with Gasteiger partial charge in [0.2, 0.25) is 0 Å². The van der Waals surface area contributed by atoms with Crippen LogP contribution >= 0.6 is 0 Å². The van der Waals surface area contributed by atoms with Gasteiger partial charge >= 0.3 is 0 Å². The summed E-state index contributed by atoms with van der Waals surface area (Å²) in [6.45, 7) is 2.01. The first-order valence-electron chi connectivity index (χ1n) is 7.24. The second-order valence-electron chi connectivity index (χ2n) is 5.48. The molecule has 1 unspecified atom stereocenters. The minimum atomic E-state index is -0.245. The molecule has 0 spiro atoms. The van der Waals surface area contributed by atoms with Crippen LogP contribution in [0, 0.1) is 0 Å². The smallest absolute Gasteiger partial charge is 0.0945 e. The Morgan fingerprint density at radius 2 is 2.25 bits per heavy atom. The van der Waals surface area contributed by atoms with Crippen LogP contribution in [0.4, 0.5) is 0 Å². The second kappa shape index (κ2) is 5.77. The summed E-state index contributed by atoms with van der Waals surface area (Å²) >= 11 is 0. The lowest BCUT2D eigenvalue weighted by atomic mass is 9.92. The molecule has 0 saturated heterocycles. The molecule has 0 bridgehead atoms. The molecule has 3 rings (SSSR count). The third-order valence-corrected chi connectivity index (χ3v) is 4.24. The molecule has 106 valence electrons. The van der Waals surface area contributed by atoms with E-state index in [0.29, 0.717) is 0 Å². The van der Waals surface area contributed by atoms with Gasteiger partial charge in [0.15, 0.2) is 0 Å². The van der Waals surface area contributed by atoms with E-state index in [9.17, 15) is 5.11 Å². The zero-order chi connectivity index (χ0) is 13.8. The quantitative estimate of drug-likeness (QED) is 0.786. The molecule has 1 aliphatic rings. The molecular formula is C16H21N3O. The van der Waals surface area contributed by atoms with Crippen LogP contribution in [0.1, 0.15) is 24.0 Å². The van der Waals surface area contributed by atoms with Crippen LogP contribution in [0.15, 0.2) is 43.0 Å². The van der Waals surface area contributed by atoms with E-state index in [0.717, 1.165) is 32.4 Å².